The molecule has 1 saturated carbocycles. The van der Waals surface area contributed by atoms with Crippen LogP contribution in [0.1, 0.15) is 18.4 Å². The normalized spacial score (nSPS) is 18.6. The lowest BCUT2D eigenvalue weighted by Crippen LogP contribution is -2.20. The lowest BCUT2D eigenvalue weighted by Gasteiger charge is -2.17. The molecule has 5 nitrogen and oxygen atoms in total. The molecular formula is C12H11ClO5. The van der Waals surface area contributed by atoms with Gasteiger partial charge in [-0.3, -0.25) is 4.79 Å². The molecule has 1 aromatic rings. The van der Waals surface area contributed by atoms with Gasteiger partial charge in [0.1, 0.15) is 10.8 Å². The highest BCUT2D eigenvalue weighted by Gasteiger charge is 2.54. The molecule has 3 rings (SSSR count). The molecule has 0 amide bonds. The molecule has 1 aromatic carbocycles. The van der Waals surface area contributed by atoms with E-state index in [1.807, 2.05) is 0 Å². The molecule has 1 aliphatic carbocycles. The first kappa shape index (κ1) is 11.5. The van der Waals surface area contributed by atoms with Crippen molar-refractivity contribution >= 4 is 17.6 Å². The molecule has 6 heteroatoms. The third-order valence-electron chi connectivity index (χ3n) is 3.44. The monoisotopic (exact) mass is 270 g/mol. The molecule has 0 aromatic heterocycles. The zero-order valence-corrected chi connectivity index (χ0v) is 10.4. The smallest absolute Gasteiger partial charge is 0.314 e. The highest BCUT2D eigenvalue weighted by Crippen LogP contribution is 2.57. The van der Waals surface area contributed by atoms with E-state index >= 15 is 0 Å². The second-order valence-electron chi connectivity index (χ2n) is 4.39. The molecule has 18 heavy (non-hydrogen) atoms. The number of fused-ring (bicyclic) bond motifs is 1. The number of carboxylic acids is 1. The number of halogens is 1. The van der Waals surface area contributed by atoms with E-state index in [1.165, 1.54) is 7.11 Å². The summed E-state index contributed by atoms with van der Waals surface area (Å²) in [5, 5.41) is 9.62. The van der Waals surface area contributed by atoms with Crippen LogP contribution in [0.2, 0.25) is 5.02 Å². The number of rotatable bonds is 3. The Morgan fingerprint density at radius 2 is 2.22 bits per heavy atom. The fourth-order valence-corrected chi connectivity index (χ4v) is 2.59. The summed E-state index contributed by atoms with van der Waals surface area (Å²) < 4.78 is 15.8. The minimum atomic E-state index is -0.893. The van der Waals surface area contributed by atoms with Crippen molar-refractivity contribution < 1.29 is 24.1 Å². The predicted octanol–water partition coefficient (Wildman–Crippen LogP) is 2.19. The molecule has 2 aliphatic rings. The van der Waals surface area contributed by atoms with Crippen molar-refractivity contribution in [2.75, 3.05) is 13.9 Å². The van der Waals surface area contributed by atoms with E-state index in [0.29, 0.717) is 35.7 Å². The van der Waals surface area contributed by atoms with E-state index in [2.05, 4.69) is 0 Å². The quantitative estimate of drug-likeness (QED) is 0.912. The molecule has 0 radical (unpaired) electrons. The van der Waals surface area contributed by atoms with Crippen LogP contribution in [0.4, 0.5) is 0 Å². The summed E-state index contributed by atoms with van der Waals surface area (Å²) in [7, 11) is 1.46. The fourth-order valence-electron chi connectivity index (χ4n) is 2.26. The Labute approximate surface area is 108 Å². The largest absolute Gasteiger partial charge is 0.495 e. The summed E-state index contributed by atoms with van der Waals surface area (Å²) in [6, 6.07) is 1.66. The van der Waals surface area contributed by atoms with Crippen molar-refractivity contribution in [2.24, 2.45) is 0 Å². The van der Waals surface area contributed by atoms with E-state index in [-0.39, 0.29) is 11.8 Å². The Morgan fingerprint density at radius 1 is 1.50 bits per heavy atom. The van der Waals surface area contributed by atoms with Crippen molar-refractivity contribution in [1.29, 1.82) is 0 Å². The zero-order valence-electron chi connectivity index (χ0n) is 9.66. The van der Waals surface area contributed by atoms with Crippen molar-refractivity contribution in [3.8, 4) is 17.2 Å². The molecule has 1 N–H and O–H groups in total. The van der Waals surface area contributed by atoms with Gasteiger partial charge in [-0.2, -0.15) is 0 Å². The maximum atomic E-state index is 11.4. The van der Waals surface area contributed by atoms with Crippen LogP contribution in [0.3, 0.4) is 0 Å². The third kappa shape index (κ3) is 1.37. The fraction of sp³-hybridized carbons (Fsp3) is 0.417. The molecule has 96 valence electrons. The number of ether oxygens (including phenoxy) is 3. The van der Waals surface area contributed by atoms with Crippen LogP contribution in [0.15, 0.2) is 6.07 Å². The average molecular weight is 271 g/mol. The van der Waals surface area contributed by atoms with Gasteiger partial charge in [-0.05, 0) is 18.9 Å². The molecule has 0 bridgehead atoms. The van der Waals surface area contributed by atoms with Crippen LogP contribution in [0.5, 0.6) is 17.2 Å². The number of carboxylic acid groups (broad SMARTS) is 1. The number of benzene rings is 1. The van der Waals surface area contributed by atoms with Crippen LogP contribution in [-0.4, -0.2) is 25.0 Å². The van der Waals surface area contributed by atoms with E-state index in [0.717, 1.165) is 0 Å². The van der Waals surface area contributed by atoms with E-state index in [9.17, 15) is 9.90 Å². The minimum Gasteiger partial charge on any atom is -0.495 e. The summed E-state index contributed by atoms with van der Waals surface area (Å²) in [5.41, 5.74) is -0.331. The maximum Gasteiger partial charge on any atom is 0.314 e. The van der Waals surface area contributed by atoms with Crippen LogP contribution >= 0.6 is 11.6 Å². The molecule has 0 unspecified atom stereocenters. The van der Waals surface area contributed by atoms with Crippen molar-refractivity contribution in [3.05, 3.63) is 16.7 Å². The van der Waals surface area contributed by atoms with E-state index in [1.54, 1.807) is 6.07 Å². The maximum absolute atomic E-state index is 11.4. The van der Waals surface area contributed by atoms with Gasteiger partial charge in [0.2, 0.25) is 6.79 Å². The molecular weight excluding hydrogens is 260 g/mol. The predicted molar refractivity (Wildman–Crippen MR) is 62.7 cm³/mol. The third-order valence-corrected chi connectivity index (χ3v) is 3.78. The second kappa shape index (κ2) is 3.68. The molecule has 1 fully saturated rings. The summed E-state index contributed by atoms with van der Waals surface area (Å²) in [5.74, 6) is 0.387. The Morgan fingerprint density at radius 3 is 2.78 bits per heavy atom. The summed E-state index contributed by atoms with van der Waals surface area (Å²) in [6.07, 6.45) is 1.16. The van der Waals surface area contributed by atoms with E-state index < -0.39 is 11.4 Å². The van der Waals surface area contributed by atoms with Gasteiger partial charge in [-0.1, -0.05) is 11.6 Å². The van der Waals surface area contributed by atoms with Gasteiger partial charge in [-0.25, -0.2) is 0 Å². The average Bonchev–Trinajstić information content (AvgIpc) is 3.02. The van der Waals surface area contributed by atoms with Gasteiger partial charge in [0.25, 0.3) is 0 Å². The summed E-state index contributed by atoms with van der Waals surface area (Å²) in [4.78, 5) is 11.4. The highest BCUT2D eigenvalue weighted by molar-refractivity contribution is 6.34. The zero-order chi connectivity index (χ0) is 12.9. The highest BCUT2D eigenvalue weighted by atomic mass is 35.5. The number of methoxy groups -OCH3 is 1. The first-order chi connectivity index (χ1) is 8.60. The Balaban J connectivity index is 2.21. The number of hydrogen-bond donors (Lipinski definition) is 1. The lowest BCUT2D eigenvalue weighted by molar-refractivity contribution is -0.140. The molecule has 0 spiro atoms. The van der Waals surface area contributed by atoms with Crippen LogP contribution in [0, 0.1) is 0 Å². The topological polar surface area (TPSA) is 65.0 Å². The van der Waals surface area contributed by atoms with Gasteiger partial charge in [0, 0.05) is 5.56 Å². The standard InChI is InChI=1S/C12H11ClO5/c1-16-9-6(12(2-3-12)11(14)15)4-7-10(8(9)13)18-5-17-7/h4H,2-3,5H2,1H3,(H,14,15). The molecule has 1 aliphatic heterocycles. The lowest BCUT2D eigenvalue weighted by atomic mass is 9.94. The van der Waals surface area contributed by atoms with Crippen LogP contribution < -0.4 is 14.2 Å². The summed E-state index contributed by atoms with van der Waals surface area (Å²) >= 11 is 6.18. The number of hydrogen-bond acceptors (Lipinski definition) is 4. The SMILES string of the molecule is COc1c(C2(C(=O)O)CC2)cc2c(c1Cl)OCO2. The van der Waals surface area contributed by atoms with Gasteiger partial charge in [0.15, 0.2) is 11.5 Å². The van der Waals surface area contributed by atoms with Crippen molar-refractivity contribution in [3.63, 3.8) is 0 Å². The molecule has 0 atom stereocenters. The second-order valence-corrected chi connectivity index (χ2v) is 4.77. The van der Waals surface area contributed by atoms with Crippen LogP contribution in [0.25, 0.3) is 0 Å². The van der Waals surface area contributed by atoms with Gasteiger partial charge in [-0.15, -0.1) is 0 Å². The Hall–Kier alpha value is -1.62. The number of carbonyl (C=O) groups is 1. The van der Waals surface area contributed by atoms with Crippen molar-refractivity contribution in [1.82, 2.24) is 0 Å². The molecule has 0 saturated heterocycles. The van der Waals surface area contributed by atoms with Crippen molar-refractivity contribution in [2.45, 2.75) is 18.3 Å². The Kier molecular flexibility index (Phi) is 2.35. The Bertz CT molecular complexity index is 536. The van der Waals surface area contributed by atoms with E-state index in [4.69, 9.17) is 25.8 Å². The minimum absolute atomic E-state index is 0.0851. The van der Waals surface area contributed by atoms with Crippen LogP contribution in [-0.2, 0) is 10.2 Å². The summed E-state index contributed by atoms with van der Waals surface area (Å²) in [6.45, 7) is 0.0851. The first-order valence-corrected chi connectivity index (χ1v) is 5.88. The first-order valence-electron chi connectivity index (χ1n) is 5.50. The van der Waals surface area contributed by atoms with Gasteiger partial charge < -0.3 is 19.3 Å². The van der Waals surface area contributed by atoms with Gasteiger partial charge >= 0.3 is 5.97 Å². The van der Waals surface area contributed by atoms with Gasteiger partial charge in [0.05, 0.1) is 12.5 Å². The number of aliphatic carboxylic acids is 1. The molecule has 1 heterocycles.